The highest BCUT2D eigenvalue weighted by Crippen LogP contribution is 2.29. The molecule has 110 valence electrons. The number of nitrogen functional groups attached to an aromatic ring is 1. The molecule has 3 N–H and O–H groups in total. The maximum atomic E-state index is 12.5. The van der Waals surface area contributed by atoms with E-state index < -0.39 is 0 Å². The van der Waals surface area contributed by atoms with E-state index in [9.17, 15) is 4.79 Å². The molecule has 5 heteroatoms. The molecule has 0 atom stereocenters. The lowest BCUT2D eigenvalue weighted by Crippen LogP contribution is -2.16. The number of hydrogen-bond donors (Lipinski definition) is 2. The van der Waals surface area contributed by atoms with Crippen molar-refractivity contribution in [1.29, 1.82) is 0 Å². The average Bonchev–Trinajstić information content (AvgIpc) is 2.42. The SMILES string of the molecule is COc1cccc(N)c1C(=O)Nc1c(C)cc(Br)cc1C. The van der Waals surface area contributed by atoms with Crippen molar-refractivity contribution >= 4 is 33.2 Å². The Morgan fingerprint density at radius 3 is 2.43 bits per heavy atom. The third kappa shape index (κ3) is 3.19. The Morgan fingerprint density at radius 2 is 1.86 bits per heavy atom. The number of carbonyl (C=O) groups excluding carboxylic acids is 1. The number of methoxy groups -OCH3 is 1. The minimum absolute atomic E-state index is 0.279. The first-order valence-electron chi connectivity index (χ1n) is 6.44. The van der Waals surface area contributed by atoms with E-state index in [0.717, 1.165) is 21.3 Å². The molecule has 0 spiro atoms. The summed E-state index contributed by atoms with van der Waals surface area (Å²) in [5.41, 5.74) is 9.38. The van der Waals surface area contributed by atoms with Gasteiger partial charge < -0.3 is 15.8 Å². The van der Waals surface area contributed by atoms with Crippen LogP contribution in [0.3, 0.4) is 0 Å². The molecule has 2 aromatic carbocycles. The summed E-state index contributed by atoms with van der Waals surface area (Å²) in [6.07, 6.45) is 0. The zero-order valence-electron chi connectivity index (χ0n) is 12.2. The standard InChI is InChI=1S/C16H17BrN2O2/c1-9-7-11(17)8-10(2)15(9)19-16(20)14-12(18)5-4-6-13(14)21-3/h4-8H,18H2,1-3H3,(H,19,20). The molecule has 0 saturated carbocycles. The lowest BCUT2D eigenvalue weighted by molar-refractivity contribution is 0.102. The maximum absolute atomic E-state index is 12.5. The van der Waals surface area contributed by atoms with Crippen molar-refractivity contribution in [2.45, 2.75) is 13.8 Å². The fourth-order valence-corrected chi connectivity index (χ4v) is 2.93. The maximum Gasteiger partial charge on any atom is 0.261 e. The van der Waals surface area contributed by atoms with Gasteiger partial charge in [-0.15, -0.1) is 0 Å². The van der Waals surface area contributed by atoms with Crippen molar-refractivity contribution in [1.82, 2.24) is 0 Å². The second kappa shape index (κ2) is 6.18. The first-order chi connectivity index (χ1) is 9.93. The Kier molecular flexibility index (Phi) is 4.53. The summed E-state index contributed by atoms with van der Waals surface area (Å²) in [4.78, 5) is 12.5. The van der Waals surface area contributed by atoms with Crippen molar-refractivity contribution in [3.05, 3.63) is 51.5 Å². The highest BCUT2D eigenvalue weighted by molar-refractivity contribution is 9.10. The molecule has 4 nitrogen and oxygen atoms in total. The van der Waals surface area contributed by atoms with Gasteiger partial charge in [0.2, 0.25) is 0 Å². The van der Waals surface area contributed by atoms with Crippen LogP contribution in [0.4, 0.5) is 11.4 Å². The van der Waals surface area contributed by atoms with E-state index in [1.165, 1.54) is 7.11 Å². The average molecular weight is 349 g/mol. The van der Waals surface area contributed by atoms with E-state index in [2.05, 4.69) is 21.2 Å². The summed E-state index contributed by atoms with van der Waals surface area (Å²) in [5, 5.41) is 2.92. The fraction of sp³-hybridized carbons (Fsp3) is 0.188. The monoisotopic (exact) mass is 348 g/mol. The number of aryl methyl sites for hydroxylation is 2. The number of nitrogens with two attached hydrogens (primary N) is 1. The number of nitrogens with one attached hydrogen (secondary N) is 1. The van der Waals surface area contributed by atoms with Crippen LogP contribution in [-0.2, 0) is 0 Å². The molecule has 0 saturated heterocycles. The number of rotatable bonds is 3. The lowest BCUT2D eigenvalue weighted by Gasteiger charge is -2.15. The zero-order valence-corrected chi connectivity index (χ0v) is 13.7. The third-order valence-electron chi connectivity index (χ3n) is 3.24. The molecule has 2 rings (SSSR count). The second-order valence-electron chi connectivity index (χ2n) is 4.79. The van der Waals surface area contributed by atoms with Gasteiger partial charge in [-0.1, -0.05) is 22.0 Å². The summed E-state index contributed by atoms with van der Waals surface area (Å²) in [6, 6.07) is 9.05. The van der Waals surface area contributed by atoms with Gasteiger partial charge in [0.05, 0.1) is 7.11 Å². The number of anilines is 2. The molecule has 21 heavy (non-hydrogen) atoms. The summed E-state index contributed by atoms with van der Waals surface area (Å²) in [5.74, 6) is 0.179. The number of halogens is 1. The Morgan fingerprint density at radius 1 is 1.24 bits per heavy atom. The van der Waals surface area contributed by atoms with Crippen LogP contribution in [0.25, 0.3) is 0 Å². The smallest absolute Gasteiger partial charge is 0.261 e. The summed E-state index contributed by atoms with van der Waals surface area (Å²) < 4.78 is 6.20. The summed E-state index contributed by atoms with van der Waals surface area (Å²) in [7, 11) is 1.52. The van der Waals surface area contributed by atoms with E-state index in [1.54, 1.807) is 18.2 Å². The van der Waals surface area contributed by atoms with Gasteiger partial charge in [0.1, 0.15) is 11.3 Å². The van der Waals surface area contributed by atoms with E-state index in [-0.39, 0.29) is 5.91 Å². The highest BCUT2D eigenvalue weighted by Gasteiger charge is 2.17. The number of ether oxygens (including phenoxy) is 1. The molecule has 2 aromatic rings. The topological polar surface area (TPSA) is 64.3 Å². The number of hydrogen-bond acceptors (Lipinski definition) is 3. The molecule has 0 unspecified atom stereocenters. The molecular weight excluding hydrogens is 332 g/mol. The Bertz CT molecular complexity index is 676. The fourth-order valence-electron chi connectivity index (χ4n) is 2.25. The predicted octanol–water partition coefficient (Wildman–Crippen LogP) is 3.91. The Balaban J connectivity index is 2.40. The van der Waals surface area contributed by atoms with Crippen LogP contribution < -0.4 is 15.8 Å². The van der Waals surface area contributed by atoms with Gasteiger partial charge in [0.15, 0.2) is 0 Å². The van der Waals surface area contributed by atoms with E-state index in [4.69, 9.17) is 10.5 Å². The van der Waals surface area contributed by atoms with Crippen LogP contribution in [0.2, 0.25) is 0 Å². The van der Waals surface area contributed by atoms with Gasteiger partial charge >= 0.3 is 0 Å². The lowest BCUT2D eigenvalue weighted by atomic mass is 10.1. The van der Waals surface area contributed by atoms with Crippen LogP contribution in [0.5, 0.6) is 5.75 Å². The zero-order chi connectivity index (χ0) is 15.6. The molecule has 0 aliphatic rings. The molecule has 0 aliphatic carbocycles. The van der Waals surface area contributed by atoms with Gasteiger partial charge in [-0.25, -0.2) is 0 Å². The van der Waals surface area contributed by atoms with Crippen LogP contribution in [-0.4, -0.2) is 13.0 Å². The minimum atomic E-state index is -0.279. The van der Waals surface area contributed by atoms with E-state index in [1.807, 2.05) is 26.0 Å². The van der Waals surface area contributed by atoms with E-state index >= 15 is 0 Å². The molecular formula is C16H17BrN2O2. The molecule has 1 amide bonds. The van der Waals surface area contributed by atoms with Gasteiger partial charge in [-0.3, -0.25) is 4.79 Å². The number of amides is 1. The van der Waals surface area contributed by atoms with Crippen LogP contribution in [0.1, 0.15) is 21.5 Å². The second-order valence-corrected chi connectivity index (χ2v) is 5.71. The van der Waals surface area contributed by atoms with Crippen LogP contribution in [0.15, 0.2) is 34.8 Å². The predicted molar refractivity (Wildman–Crippen MR) is 89.0 cm³/mol. The summed E-state index contributed by atoms with van der Waals surface area (Å²) >= 11 is 3.44. The van der Waals surface area contributed by atoms with Crippen molar-refractivity contribution in [2.75, 3.05) is 18.2 Å². The first-order valence-corrected chi connectivity index (χ1v) is 7.24. The van der Waals surface area contributed by atoms with Crippen LogP contribution in [0, 0.1) is 13.8 Å². The van der Waals surface area contributed by atoms with Gasteiger partial charge in [0, 0.05) is 15.8 Å². The van der Waals surface area contributed by atoms with Crippen molar-refractivity contribution in [3.8, 4) is 5.75 Å². The Labute approximate surface area is 132 Å². The minimum Gasteiger partial charge on any atom is -0.496 e. The molecule has 0 aliphatic heterocycles. The Hall–Kier alpha value is -2.01. The van der Waals surface area contributed by atoms with Crippen molar-refractivity contribution in [2.24, 2.45) is 0 Å². The first kappa shape index (κ1) is 15.4. The molecule has 0 radical (unpaired) electrons. The van der Waals surface area contributed by atoms with Gasteiger partial charge in [-0.2, -0.15) is 0 Å². The number of benzene rings is 2. The van der Waals surface area contributed by atoms with Crippen molar-refractivity contribution < 1.29 is 9.53 Å². The summed E-state index contributed by atoms with van der Waals surface area (Å²) in [6.45, 7) is 3.89. The molecule has 0 aromatic heterocycles. The number of carbonyl (C=O) groups is 1. The van der Waals surface area contributed by atoms with Gasteiger partial charge in [-0.05, 0) is 49.2 Å². The quantitative estimate of drug-likeness (QED) is 0.826. The van der Waals surface area contributed by atoms with Crippen LogP contribution >= 0.6 is 15.9 Å². The van der Waals surface area contributed by atoms with E-state index in [0.29, 0.717) is 17.0 Å². The molecule has 0 fully saturated rings. The molecule has 0 heterocycles. The normalized spacial score (nSPS) is 10.3. The highest BCUT2D eigenvalue weighted by atomic mass is 79.9. The largest absolute Gasteiger partial charge is 0.496 e. The molecule has 0 bridgehead atoms. The van der Waals surface area contributed by atoms with Gasteiger partial charge in [0.25, 0.3) is 5.91 Å². The third-order valence-corrected chi connectivity index (χ3v) is 3.70. The van der Waals surface area contributed by atoms with Crippen molar-refractivity contribution in [3.63, 3.8) is 0 Å².